The molecule has 32 heavy (non-hydrogen) atoms. The highest BCUT2D eigenvalue weighted by atomic mass is 19.2. The van der Waals surface area contributed by atoms with Crippen LogP contribution in [-0.2, 0) is 5.60 Å². The Labute approximate surface area is 184 Å². The van der Waals surface area contributed by atoms with Crippen molar-refractivity contribution in [3.8, 4) is 0 Å². The minimum atomic E-state index is -1.31. The Morgan fingerprint density at radius 2 is 1.78 bits per heavy atom. The maximum Gasteiger partial charge on any atom is 0.256 e. The predicted octanol–water partition coefficient (Wildman–Crippen LogP) is 4.92. The zero-order valence-electron chi connectivity index (χ0n) is 18.0. The summed E-state index contributed by atoms with van der Waals surface area (Å²) in [6, 6.07) is 11.3. The van der Waals surface area contributed by atoms with Crippen LogP contribution in [-0.4, -0.2) is 34.0 Å². The van der Waals surface area contributed by atoms with Crippen LogP contribution in [0.15, 0.2) is 54.7 Å². The van der Waals surface area contributed by atoms with Crippen LogP contribution in [0.3, 0.4) is 0 Å². The normalized spacial score (nSPS) is 14.2. The standard InChI is InChI=1S/C22H18F3N3O2.C2H6/c1-13-5-8-17(16(24)10-13)27-20-14(6-7-15(23)19(20)25)21(29)28-11-22(30,12-28)18-4-2-3-9-26-18;1-2/h2-10,27,30H,11-12H2,1H3;1-2H3. The van der Waals surface area contributed by atoms with Gasteiger partial charge < -0.3 is 15.3 Å². The number of aliphatic hydroxyl groups is 1. The molecule has 3 aromatic rings. The second-order valence-electron chi connectivity index (χ2n) is 7.30. The second kappa shape index (κ2) is 9.40. The first-order chi connectivity index (χ1) is 15.3. The molecule has 2 heterocycles. The average Bonchev–Trinajstić information content (AvgIpc) is 2.78. The van der Waals surface area contributed by atoms with E-state index in [2.05, 4.69) is 10.3 Å². The summed E-state index contributed by atoms with van der Waals surface area (Å²) in [5.74, 6) is -3.74. The third kappa shape index (κ3) is 4.45. The molecule has 0 atom stereocenters. The van der Waals surface area contributed by atoms with Crippen LogP contribution < -0.4 is 5.32 Å². The molecule has 0 saturated carbocycles. The highest BCUT2D eigenvalue weighted by Crippen LogP contribution is 2.34. The van der Waals surface area contributed by atoms with E-state index in [0.717, 1.165) is 12.1 Å². The number of benzene rings is 2. The summed E-state index contributed by atoms with van der Waals surface area (Å²) in [5, 5.41) is 13.2. The van der Waals surface area contributed by atoms with Crippen LogP contribution in [0.2, 0.25) is 0 Å². The molecule has 2 aromatic carbocycles. The fourth-order valence-corrected chi connectivity index (χ4v) is 3.41. The lowest BCUT2D eigenvalue weighted by atomic mass is 9.89. The minimum absolute atomic E-state index is 0.0554. The van der Waals surface area contributed by atoms with Crippen molar-refractivity contribution in [2.75, 3.05) is 18.4 Å². The van der Waals surface area contributed by atoms with Gasteiger partial charge in [0.25, 0.3) is 5.91 Å². The van der Waals surface area contributed by atoms with E-state index in [1.807, 2.05) is 13.8 Å². The Hall–Kier alpha value is -3.39. The number of carbonyl (C=O) groups excluding carboxylic acids is 1. The summed E-state index contributed by atoms with van der Waals surface area (Å²) in [5.41, 5.74) is -0.963. The number of aromatic nitrogens is 1. The number of rotatable bonds is 4. The van der Waals surface area contributed by atoms with Crippen molar-refractivity contribution in [3.05, 3.63) is 89.0 Å². The van der Waals surface area contributed by atoms with Crippen molar-refractivity contribution in [3.63, 3.8) is 0 Å². The van der Waals surface area contributed by atoms with Gasteiger partial charge in [-0.1, -0.05) is 26.0 Å². The number of likely N-dealkylation sites (tertiary alicyclic amines) is 1. The summed E-state index contributed by atoms with van der Waals surface area (Å²) < 4.78 is 42.6. The van der Waals surface area contributed by atoms with E-state index in [9.17, 15) is 23.1 Å². The Kier molecular flexibility index (Phi) is 6.84. The van der Waals surface area contributed by atoms with E-state index in [1.165, 1.54) is 23.2 Å². The van der Waals surface area contributed by atoms with Gasteiger partial charge in [0.05, 0.1) is 35.7 Å². The van der Waals surface area contributed by atoms with Gasteiger partial charge in [-0.3, -0.25) is 9.78 Å². The molecule has 1 saturated heterocycles. The zero-order valence-corrected chi connectivity index (χ0v) is 18.0. The Bertz CT molecular complexity index is 1120. The molecule has 1 aliphatic rings. The molecule has 0 radical (unpaired) electrons. The Morgan fingerprint density at radius 3 is 2.41 bits per heavy atom. The lowest BCUT2D eigenvalue weighted by Crippen LogP contribution is -2.61. The van der Waals surface area contributed by atoms with Gasteiger partial charge in [-0.05, 0) is 48.9 Å². The number of aryl methyl sites for hydroxylation is 1. The van der Waals surface area contributed by atoms with E-state index in [4.69, 9.17) is 0 Å². The van der Waals surface area contributed by atoms with E-state index in [-0.39, 0.29) is 24.3 Å². The van der Waals surface area contributed by atoms with Gasteiger partial charge in [0.15, 0.2) is 11.6 Å². The van der Waals surface area contributed by atoms with E-state index in [0.29, 0.717) is 11.3 Å². The molecule has 0 bridgehead atoms. The Balaban J connectivity index is 0.00000141. The van der Waals surface area contributed by atoms with E-state index in [1.54, 1.807) is 31.2 Å². The third-order valence-electron chi connectivity index (χ3n) is 5.04. The summed E-state index contributed by atoms with van der Waals surface area (Å²) in [7, 11) is 0. The van der Waals surface area contributed by atoms with Crippen LogP contribution in [0.25, 0.3) is 0 Å². The molecule has 1 fully saturated rings. The number of nitrogens with one attached hydrogen (secondary N) is 1. The fourth-order valence-electron chi connectivity index (χ4n) is 3.41. The van der Waals surface area contributed by atoms with Crippen molar-refractivity contribution in [2.24, 2.45) is 0 Å². The zero-order chi connectivity index (χ0) is 23.5. The molecular formula is C24H24F3N3O2. The van der Waals surface area contributed by atoms with Gasteiger partial charge in [0.2, 0.25) is 0 Å². The summed E-state index contributed by atoms with van der Waals surface area (Å²) >= 11 is 0. The molecule has 8 heteroatoms. The first kappa shape index (κ1) is 23.3. The monoisotopic (exact) mass is 443 g/mol. The minimum Gasteiger partial charge on any atom is -0.380 e. The number of nitrogens with zero attached hydrogens (tertiary/aromatic N) is 2. The molecule has 1 aromatic heterocycles. The molecule has 1 aliphatic heterocycles. The molecule has 4 rings (SSSR count). The molecule has 0 spiro atoms. The number of halogens is 3. The first-order valence-electron chi connectivity index (χ1n) is 10.2. The summed E-state index contributed by atoms with van der Waals surface area (Å²) in [6.07, 6.45) is 1.53. The highest BCUT2D eigenvalue weighted by molar-refractivity contribution is 6.01. The van der Waals surface area contributed by atoms with Crippen LogP contribution in [0.1, 0.15) is 35.5 Å². The van der Waals surface area contributed by atoms with Crippen LogP contribution >= 0.6 is 0 Å². The SMILES string of the molecule is CC.Cc1ccc(Nc2c(C(=O)N3CC(O)(c4ccccn4)C3)ccc(F)c2F)c(F)c1. The van der Waals surface area contributed by atoms with Crippen molar-refractivity contribution in [1.29, 1.82) is 0 Å². The number of anilines is 2. The molecule has 5 nitrogen and oxygen atoms in total. The fraction of sp³-hybridized carbons (Fsp3) is 0.250. The van der Waals surface area contributed by atoms with E-state index >= 15 is 0 Å². The van der Waals surface area contributed by atoms with Crippen molar-refractivity contribution in [2.45, 2.75) is 26.4 Å². The van der Waals surface area contributed by atoms with Gasteiger partial charge in [-0.2, -0.15) is 0 Å². The summed E-state index contributed by atoms with van der Waals surface area (Å²) in [4.78, 5) is 18.3. The quantitative estimate of drug-likeness (QED) is 0.601. The predicted molar refractivity (Wildman–Crippen MR) is 116 cm³/mol. The largest absolute Gasteiger partial charge is 0.380 e. The molecule has 2 N–H and O–H groups in total. The molecule has 0 aliphatic carbocycles. The summed E-state index contributed by atoms with van der Waals surface area (Å²) in [6.45, 7) is 5.58. The number of hydrogen-bond acceptors (Lipinski definition) is 4. The first-order valence-corrected chi connectivity index (χ1v) is 10.2. The second-order valence-corrected chi connectivity index (χ2v) is 7.30. The van der Waals surface area contributed by atoms with E-state index < -0.39 is 34.6 Å². The molecule has 168 valence electrons. The Morgan fingerprint density at radius 1 is 1.06 bits per heavy atom. The lowest BCUT2D eigenvalue weighted by molar-refractivity contribution is -0.0892. The molecular weight excluding hydrogens is 419 g/mol. The number of β-amino-alcohol motifs (C(OH)–C–C–N with tert-alkyl or cyclic N) is 1. The van der Waals surface area contributed by atoms with Gasteiger partial charge in [-0.25, -0.2) is 13.2 Å². The van der Waals surface area contributed by atoms with Crippen LogP contribution in [0.5, 0.6) is 0 Å². The third-order valence-corrected chi connectivity index (χ3v) is 5.04. The van der Waals surface area contributed by atoms with Crippen molar-refractivity contribution in [1.82, 2.24) is 9.88 Å². The number of carbonyl (C=O) groups is 1. The average molecular weight is 443 g/mol. The van der Waals surface area contributed by atoms with Crippen LogP contribution in [0, 0.1) is 24.4 Å². The number of hydrogen-bond donors (Lipinski definition) is 2. The molecule has 1 amide bonds. The van der Waals surface area contributed by atoms with Crippen LogP contribution in [0.4, 0.5) is 24.5 Å². The maximum atomic E-state index is 14.5. The van der Waals surface area contributed by atoms with Crippen molar-refractivity contribution >= 4 is 17.3 Å². The topological polar surface area (TPSA) is 65.5 Å². The maximum absolute atomic E-state index is 14.5. The van der Waals surface area contributed by atoms with Gasteiger partial charge in [0.1, 0.15) is 11.4 Å². The number of pyridine rings is 1. The smallest absolute Gasteiger partial charge is 0.256 e. The van der Waals surface area contributed by atoms with Crippen molar-refractivity contribution < 1.29 is 23.1 Å². The lowest BCUT2D eigenvalue weighted by Gasteiger charge is -2.46. The molecule has 0 unspecified atom stereocenters. The highest BCUT2D eigenvalue weighted by Gasteiger charge is 2.46. The van der Waals surface area contributed by atoms with Gasteiger partial charge >= 0.3 is 0 Å². The van der Waals surface area contributed by atoms with Gasteiger partial charge in [0, 0.05) is 6.20 Å². The van der Waals surface area contributed by atoms with Gasteiger partial charge in [-0.15, -0.1) is 0 Å². The number of amides is 1.